The highest BCUT2D eigenvalue weighted by Crippen LogP contribution is 2.40. The van der Waals surface area contributed by atoms with Crippen molar-refractivity contribution in [1.29, 1.82) is 0 Å². The van der Waals surface area contributed by atoms with Crippen LogP contribution in [0, 0.1) is 0 Å². The molecular weight excluding hydrogens is 474 g/mol. The fraction of sp³-hybridized carbons (Fsp3) is 0.160. The van der Waals surface area contributed by atoms with E-state index in [0.717, 1.165) is 10.1 Å². The van der Waals surface area contributed by atoms with E-state index in [0.29, 0.717) is 45.1 Å². The number of furan rings is 1. The van der Waals surface area contributed by atoms with E-state index in [1.54, 1.807) is 36.4 Å². The number of amides is 1. The SMILES string of the molecule is CCOc1cccc2cc(C(=O)N(Cc3ccccn3)c3nc4c(OC)ccc(Cl)c4s3)oc12. The number of anilines is 1. The molecule has 0 unspecified atom stereocenters. The van der Waals surface area contributed by atoms with E-state index in [4.69, 9.17) is 30.5 Å². The lowest BCUT2D eigenvalue weighted by atomic mass is 10.2. The summed E-state index contributed by atoms with van der Waals surface area (Å²) in [6.07, 6.45) is 1.69. The Morgan fingerprint density at radius 3 is 2.79 bits per heavy atom. The number of thiazole rings is 1. The van der Waals surface area contributed by atoms with Gasteiger partial charge in [-0.3, -0.25) is 14.7 Å². The Kier molecular flexibility index (Phi) is 6.08. The minimum Gasteiger partial charge on any atom is -0.494 e. The van der Waals surface area contributed by atoms with Crippen molar-refractivity contribution in [2.75, 3.05) is 18.6 Å². The van der Waals surface area contributed by atoms with Crippen molar-refractivity contribution < 1.29 is 18.7 Å². The Bertz CT molecular complexity index is 1480. The number of pyridine rings is 1. The summed E-state index contributed by atoms with van der Waals surface area (Å²) in [5.41, 5.74) is 1.83. The second kappa shape index (κ2) is 9.32. The first-order valence-electron chi connectivity index (χ1n) is 10.6. The van der Waals surface area contributed by atoms with E-state index < -0.39 is 0 Å². The summed E-state index contributed by atoms with van der Waals surface area (Å²) in [5, 5.41) is 1.78. The highest BCUT2D eigenvalue weighted by molar-refractivity contribution is 7.23. The second-order valence-corrected chi connectivity index (χ2v) is 8.74. The number of halogens is 1. The number of methoxy groups -OCH3 is 1. The van der Waals surface area contributed by atoms with Gasteiger partial charge in [-0.2, -0.15) is 0 Å². The Morgan fingerprint density at radius 1 is 1.15 bits per heavy atom. The number of carbonyl (C=O) groups excluding carboxylic acids is 1. The molecule has 0 radical (unpaired) electrons. The van der Waals surface area contributed by atoms with Gasteiger partial charge in [0.25, 0.3) is 5.91 Å². The summed E-state index contributed by atoms with van der Waals surface area (Å²) in [6, 6.07) is 16.3. The van der Waals surface area contributed by atoms with Crippen LogP contribution in [-0.2, 0) is 6.54 Å². The third-order valence-corrected chi connectivity index (χ3v) is 6.75. The van der Waals surface area contributed by atoms with Crippen LogP contribution in [0.25, 0.3) is 21.2 Å². The molecule has 0 saturated carbocycles. The van der Waals surface area contributed by atoms with Gasteiger partial charge in [-0.25, -0.2) is 4.98 Å². The van der Waals surface area contributed by atoms with E-state index in [1.165, 1.54) is 11.3 Å². The van der Waals surface area contributed by atoms with Gasteiger partial charge in [-0.15, -0.1) is 0 Å². The van der Waals surface area contributed by atoms with Gasteiger partial charge >= 0.3 is 0 Å². The first kappa shape index (κ1) is 22.2. The van der Waals surface area contributed by atoms with Gasteiger partial charge in [-0.1, -0.05) is 41.1 Å². The van der Waals surface area contributed by atoms with Crippen LogP contribution in [0.2, 0.25) is 5.02 Å². The van der Waals surface area contributed by atoms with Crippen molar-refractivity contribution in [3.8, 4) is 11.5 Å². The van der Waals surface area contributed by atoms with Gasteiger partial charge in [0.2, 0.25) is 0 Å². The predicted octanol–water partition coefficient (Wildman–Crippen LogP) is 6.35. The summed E-state index contributed by atoms with van der Waals surface area (Å²) in [6.45, 7) is 2.59. The molecule has 7 nitrogen and oxygen atoms in total. The predicted molar refractivity (Wildman–Crippen MR) is 133 cm³/mol. The maximum atomic E-state index is 13.8. The third-order valence-electron chi connectivity index (χ3n) is 5.21. The first-order valence-corrected chi connectivity index (χ1v) is 11.8. The fourth-order valence-electron chi connectivity index (χ4n) is 3.65. The van der Waals surface area contributed by atoms with Crippen LogP contribution in [0.1, 0.15) is 23.2 Å². The topological polar surface area (TPSA) is 77.7 Å². The number of ether oxygens (including phenoxy) is 2. The molecule has 0 N–H and O–H groups in total. The van der Waals surface area contributed by atoms with Crippen LogP contribution < -0.4 is 14.4 Å². The van der Waals surface area contributed by atoms with Gasteiger partial charge in [0.05, 0.1) is 35.7 Å². The quantitative estimate of drug-likeness (QED) is 0.263. The van der Waals surface area contributed by atoms with Crippen molar-refractivity contribution in [2.24, 2.45) is 0 Å². The average molecular weight is 494 g/mol. The number of nitrogens with zero attached hydrogens (tertiary/aromatic N) is 3. The zero-order valence-electron chi connectivity index (χ0n) is 18.4. The number of rotatable bonds is 7. The molecule has 0 fully saturated rings. The van der Waals surface area contributed by atoms with E-state index >= 15 is 0 Å². The van der Waals surface area contributed by atoms with Gasteiger partial charge in [0.1, 0.15) is 11.3 Å². The van der Waals surface area contributed by atoms with Crippen molar-refractivity contribution in [3.05, 3.63) is 77.3 Å². The summed E-state index contributed by atoms with van der Waals surface area (Å²) in [7, 11) is 1.57. The molecule has 0 aliphatic heterocycles. The van der Waals surface area contributed by atoms with Crippen LogP contribution in [0.15, 0.2) is 65.2 Å². The lowest BCUT2D eigenvalue weighted by molar-refractivity contribution is 0.0960. The van der Waals surface area contributed by atoms with Gasteiger partial charge in [0.15, 0.2) is 22.2 Å². The zero-order valence-corrected chi connectivity index (χ0v) is 20.0. The molecule has 0 atom stereocenters. The molecule has 3 aromatic heterocycles. The molecule has 2 aromatic carbocycles. The molecule has 5 aromatic rings. The normalized spacial score (nSPS) is 11.1. The molecule has 3 heterocycles. The zero-order chi connectivity index (χ0) is 23.7. The molecule has 172 valence electrons. The lowest BCUT2D eigenvalue weighted by Crippen LogP contribution is -2.30. The molecule has 0 aliphatic carbocycles. The summed E-state index contributed by atoms with van der Waals surface area (Å²) < 4.78 is 17.8. The monoisotopic (exact) mass is 493 g/mol. The van der Waals surface area contributed by atoms with E-state index in [1.807, 2.05) is 43.3 Å². The van der Waals surface area contributed by atoms with E-state index in [2.05, 4.69) is 4.98 Å². The van der Waals surface area contributed by atoms with Crippen LogP contribution in [0.3, 0.4) is 0 Å². The molecule has 1 amide bonds. The van der Waals surface area contributed by atoms with Crippen molar-refractivity contribution in [1.82, 2.24) is 9.97 Å². The van der Waals surface area contributed by atoms with Crippen molar-refractivity contribution in [2.45, 2.75) is 13.5 Å². The number of fused-ring (bicyclic) bond motifs is 2. The standard InChI is InChI=1S/C25H20ClN3O4S/c1-3-32-19-9-6-7-15-13-20(33-22(15)19)24(30)29(14-16-8-4-5-12-27-16)25-28-21-18(31-2)11-10-17(26)23(21)34-25/h4-13H,3,14H2,1-2H3. The molecule has 5 rings (SSSR count). The van der Waals surface area contributed by atoms with Crippen molar-refractivity contribution >= 4 is 55.2 Å². The molecule has 0 aliphatic rings. The Morgan fingerprint density at radius 2 is 2.03 bits per heavy atom. The average Bonchev–Trinajstić information content (AvgIpc) is 3.49. The van der Waals surface area contributed by atoms with Crippen LogP contribution in [-0.4, -0.2) is 29.6 Å². The number of hydrogen-bond donors (Lipinski definition) is 0. The van der Waals surface area contributed by atoms with Crippen LogP contribution in [0.5, 0.6) is 11.5 Å². The molecule has 34 heavy (non-hydrogen) atoms. The smallest absolute Gasteiger partial charge is 0.296 e. The van der Waals surface area contributed by atoms with Crippen LogP contribution in [0.4, 0.5) is 5.13 Å². The Labute approximate surface area is 204 Å². The second-order valence-electron chi connectivity index (χ2n) is 7.35. The third kappa shape index (κ3) is 4.06. The van der Waals surface area contributed by atoms with Gasteiger partial charge < -0.3 is 13.9 Å². The number of benzene rings is 2. The van der Waals surface area contributed by atoms with Crippen molar-refractivity contribution in [3.63, 3.8) is 0 Å². The minimum atomic E-state index is -0.349. The molecule has 0 saturated heterocycles. The molecule has 0 spiro atoms. The van der Waals surface area contributed by atoms with Gasteiger partial charge in [-0.05, 0) is 43.3 Å². The summed E-state index contributed by atoms with van der Waals surface area (Å²) in [5.74, 6) is 0.998. The largest absolute Gasteiger partial charge is 0.494 e. The number of hydrogen-bond acceptors (Lipinski definition) is 7. The van der Waals surface area contributed by atoms with E-state index in [-0.39, 0.29) is 18.2 Å². The fourth-order valence-corrected chi connectivity index (χ4v) is 4.90. The molecule has 9 heteroatoms. The maximum absolute atomic E-state index is 13.8. The van der Waals surface area contributed by atoms with E-state index in [9.17, 15) is 4.79 Å². The summed E-state index contributed by atoms with van der Waals surface area (Å²) >= 11 is 7.74. The molecular formula is C25H20ClN3O4S. The Balaban J connectivity index is 1.61. The highest BCUT2D eigenvalue weighted by atomic mass is 35.5. The Hall–Kier alpha value is -3.62. The summed E-state index contributed by atoms with van der Waals surface area (Å²) in [4.78, 5) is 24.4. The lowest BCUT2D eigenvalue weighted by Gasteiger charge is -2.18. The number of carbonyl (C=O) groups is 1. The van der Waals surface area contributed by atoms with Gasteiger partial charge in [0, 0.05) is 11.6 Å². The number of aromatic nitrogens is 2. The first-order chi connectivity index (χ1) is 16.6. The minimum absolute atomic E-state index is 0.176. The maximum Gasteiger partial charge on any atom is 0.296 e. The highest BCUT2D eigenvalue weighted by Gasteiger charge is 2.27. The number of para-hydroxylation sites is 1. The molecule has 0 bridgehead atoms. The van der Waals surface area contributed by atoms with Crippen LogP contribution >= 0.6 is 22.9 Å².